The Balaban J connectivity index is 1.20. The summed E-state index contributed by atoms with van der Waals surface area (Å²) in [5, 5.41) is 43.8. The summed E-state index contributed by atoms with van der Waals surface area (Å²) in [4.78, 5) is 59.5. The summed E-state index contributed by atoms with van der Waals surface area (Å²) in [5.74, 6) is -0.490. The molecule has 0 heterocycles. The summed E-state index contributed by atoms with van der Waals surface area (Å²) in [6, 6.07) is -0.00921. The number of aliphatic hydroxyl groups is 2. The van der Waals surface area contributed by atoms with Crippen molar-refractivity contribution >= 4 is 29.6 Å². The first-order valence-electron chi connectivity index (χ1n) is 18.6. The highest BCUT2D eigenvalue weighted by Gasteiger charge is 2.65. The average molecular weight is 692 g/mol. The van der Waals surface area contributed by atoms with Crippen LogP contribution in [0.25, 0.3) is 0 Å². The number of hydrogen-bond donors (Lipinski definition) is 8. The van der Waals surface area contributed by atoms with E-state index in [1.54, 1.807) is 0 Å². The van der Waals surface area contributed by atoms with E-state index >= 15 is 0 Å². The molecule has 0 radical (unpaired) electrons. The third-order valence-corrected chi connectivity index (χ3v) is 13.1. The Morgan fingerprint density at radius 1 is 0.776 bits per heavy atom. The van der Waals surface area contributed by atoms with Crippen molar-refractivity contribution in [3.63, 3.8) is 0 Å². The van der Waals surface area contributed by atoms with Crippen molar-refractivity contribution in [1.29, 1.82) is 0 Å². The van der Waals surface area contributed by atoms with E-state index in [0.29, 0.717) is 19.3 Å². The van der Waals surface area contributed by atoms with Crippen LogP contribution in [-0.2, 0) is 24.0 Å². The van der Waals surface area contributed by atoms with Gasteiger partial charge in [-0.15, -0.1) is 0 Å². The Morgan fingerprint density at radius 3 is 1.96 bits per heavy atom. The lowest BCUT2D eigenvalue weighted by Gasteiger charge is -2.63. The predicted octanol–water partition coefficient (Wildman–Crippen LogP) is 1.44. The van der Waals surface area contributed by atoms with Crippen molar-refractivity contribution in [2.75, 3.05) is 26.2 Å². The van der Waals surface area contributed by atoms with Crippen molar-refractivity contribution < 1.29 is 39.3 Å². The molecule has 4 amide bonds. The van der Waals surface area contributed by atoms with Crippen molar-refractivity contribution in [1.82, 2.24) is 21.3 Å². The van der Waals surface area contributed by atoms with E-state index in [-0.39, 0.29) is 134 Å². The monoisotopic (exact) mass is 691 g/mol. The first-order chi connectivity index (χ1) is 23.2. The maximum Gasteiger partial charge on any atom is 0.303 e. The van der Waals surface area contributed by atoms with Gasteiger partial charge in [-0.2, -0.15) is 0 Å². The molecule has 0 spiro atoms. The topological polar surface area (TPSA) is 220 Å². The number of hydrogen-bond acceptors (Lipinski definition) is 8. The van der Waals surface area contributed by atoms with Crippen LogP contribution in [0.4, 0.5) is 0 Å². The van der Waals surface area contributed by atoms with E-state index in [4.69, 9.17) is 5.73 Å². The summed E-state index contributed by atoms with van der Waals surface area (Å²) in [7, 11) is 0. The van der Waals surface area contributed by atoms with Crippen LogP contribution in [0.3, 0.4) is 0 Å². The molecule has 5 unspecified atom stereocenters. The molecule has 9 N–H and O–H groups in total. The standard InChI is InChI=1S/C36H61N5O8/c1-21(4-7-33(48)49)24-5-6-25-34-26(20-28(43)36(24,25)3)35(2)13-8-23(18-22(35)19-27(34)42)41-32(47)12-17-40-31(46)11-16-39-30(45)10-15-38-29(44)9-14-37/h21-28,34,42-43H,4-20,37H2,1-3H3,(H,38,44)(H,39,45)(H,40,46)(H,41,47)(H,48,49)/t21-,22?,23?,24-,25?,26?,27+,28+,34?,35+,36-/m1/s1. The maximum absolute atomic E-state index is 12.8. The zero-order valence-electron chi connectivity index (χ0n) is 29.7. The van der Waals surface area contributed by atoms with Gasteiger partial charge in [0.05, 0.1) is 12.2 Å². The number of fused-ring (bicyclic) bond motifs is 5. The molecule has 0 bridgehead atoms. The fourth-order valence-electron chi connectivity index (χ4n) is 10.5. The number of carboxylic acid groups (broad SMARTS) is 1. The van der Waals surface area contributed by atoms with E-state index in [9.17, 15) is 39.3 Å². The fourth-order valence-corrected chi connectivity index (χ4v) is 10.5. The molecule has 49 heavy (non-hydrogen) atoms. The van der Waals surface area contributed by atoms with Gasteiger partial charge in [-0.3, -0.25) is 24.0 Å². The van der Waals surface area contributed by atoms with Gasteiger partial charge in [0.25, 0.3) is 0 Å². The number of nitrogens with one attached hydrogen (secondary N) is 4. The lowest BCUT2D eigenvalue weighted by atomic mass is 9.43. The third kappa shape index (κ3) is 9.13. The van der Waals surface area contributed by atoms with Crippen LogP contribution in [0.5, 0.6) is 0 Å². The normalized spacial score (nSPS) is 35.6. The number of rotatable bonds is 16. The number of nitrogens with two attached hydrogens (primary N) is 1. The zero-order chi connectivity index (χ0) is 35.9. The molecule has 4 saturated carbocycles. The summed E-state index contributed by atoms with van der Waals surface area (Å²) in [6.07, 6.45) is 6.08. The number of carbonyl (C=O) groups excluding carboxylic acids is 4. The van der Waals surface area contributed by atoms with Gasteiger partial charge in [-0.05, 0) is 97.7 Å². The number of amides is 4. The highest BCUT2D eigenvalue weighted by molar-refractivity contribution is 5.81. The quantitative estimate of drug-likeness (QED) is 0.117. The van der Waals surface area contributed by atoms with Gasteiger partial charge >= 0.3 is 5.97 Å². The average Bonchev–Trinajstić information content (AvgIpc) is 3.39. The van der Waals surface area contributed by atoms with E-state index < -0.39 is 18.2 Å². The number of aliphatic hydroxyl groups excluding tert-OH is 2. The molecule has 13 heteroatoms. The van der Waals surface area contributed by atoms with Gasteiger partial charge in [0.15, 0.2) is 0 Å². The summed E-state index contributed by atoms with van der Waals surface area (Å²) >= 11 is 0. The van der Waals surface area contributed by atoms with E-state index in [0.717, 1.165) is 32.1 Å². The van der Waals surface area contributed by atoms with Crippen LogP contribution in [-0.4, -0.2) is 89.3 Å². The second-order valence-corrected chi connectivity index (χ2v) is 15.9. The molecule has 4 rings (SSSR count). The largest absolute Gasteiger partial charge is 0.481 e. The van der Waals surface area contributed by atoms with Crippen LogP contribution in [0.2, 0.25) is 0 Å². The van der Waals surface area contributed by atoms with Crippen molar-refractivity contribution in [3.05, 3.63) is 0 Å². The Labute approximate surface area is 290 Å². The van der Waals surface area contributed by atoms with Gasteiger partial charge in [0, 0.05) is 64.3 Å². The van der Waals surface area contributed by atoms with Gasteiger partial charge in [-0.25, -0.2) is 0 Å². The molecule has 0 aromatic carbocycles. The molecule has 4 fully saturated rings. The predicted molar refractivity (Wildman–Crippen MR) is 183 cm³/mol. The van der Waals surface area contributed by atoms with Crippen molar-refractivity contribution in [3.8, 4) is 0 Å². The molecule has 4 aliphatic rings. The summed E-state index contributed by atoms with van der Waals surface area (Å²) in [6.45, 7) is 7.45. The zero-order valence-corrected chi connectivity index (χ0v) is 29.7. The molecule has 0 aromatic rings. The van der Waals surface area contributed by atoms with Crippen LogP contribution < -0.4 is 27.0 Å². The van der Waals surface area contributed by atoms with Gasteiger partial charge in [0.2, 0.25) is 23.6 Å². The summed E-state index contributed by atoms with van der Waals surface area (Å²) < 4.78 is 0. The second-order valence-electron chi connectivity index (χ2n) is 15.9. The minimum atomic E-state index is -0.786. The highest BCUT2D eigenvalue weighted by atomic mass is 16.4. The first kappa shape index (κ1) is 39.0. The van der Waals surface area contributed by atoms with E-state index in [2.05, 4.69) is 42.0 Å². The Bertz CT molecular complexity index is 1200. The SMILES string of the molecule is C[C@H](CCC(=O)O)[C@H]1CCC2C3C(C[C@H](O)[C@@]21C)[C@@]1(C)CCC(NC(=O)CCNC(=O)CCNC(=O)CCNC(=O)CCN)CC1C[C@@H]3O. The first-order valence-corrected chi connectivity index (χ1v) is 18.6. The highest BCUT2D eigenvalue weighted by Crippen LogP contribution is 2.68. The van der Waals surface area contributed by atoms with Crippen LogP contribution >= 0.6 is 0 Å². The molecule has 0 aromatic heterocycles. The van der Waals surface area contributed by atoms with Crippen LogP contribution in [0.1, 0.15) is 104 Å². The molecule has 0 saturated heterocycles. The minimum absolute atomic E-state index is 0.00921. The van der Waals surface area contributed by atoms with Gasteiger partial charge < -0.3 is 42.3 Å². The maximum atomic E-state index is 12.8. The Hall–Kier alpha value is -2.77. The van der Waals surface area contributed by atoms with Crippen LogP contribution in [0.15, 0.2) is 0 Å². The third-order valence-electron chi connectivity index (χ3n) is 13.1. The molecule has 0 aliphatic heterocycles. The van der Waals surface area contributed by atoms with Crippen molar-refractivity contribution in [2.24, 2.45) is 52.1 Å². The number of carboxylic acids is 1. The molecular formula is C36H61N5O8. The van der Waals surface area contributed by atoms with Gasteiger partial charge in [0.1, 0.15) is 0 Å². The molecule has 278 valence electrons. The van der Waals surface area contributed by atoms with E-state index in [1.807, 2.05) is 0 Å². The molecule has 13 nitrogen and oxygen atoms in total. The molecule has 4 aliphatic carbocycles. The lowest BCUT2D eigenvalue weighted by Crippen LogP contribution is -2.63. The lowest BCUT2D eigenvalue weighted by molar-refractivity contribution is -0.202. The smallest absolute Gasteiger partial charge is 0.303 e. The van der Waals surface area contributed by atoms with E-state index in [1.165, 1.54) is 0 Å². The van der Waals surface area contributed by atoms with Crippen LogP contribution in [0, 0.1) is 46.3 Å². The molecule has 11 atom stereocenters. The Kier molecular flexibility index (Phi) is 13.5. The second kappa shape index (κ2) is 17.0. The number of aliphatic carboxylic acids is 1. The molecular weight excluding hydrogens is 630 g/mol. The van der Waals surface area contributed by atoms with Crippen molar-refractivity contribution in [2.45, 2.75) is 122 Å². The Morgan fingerprint density at radius 2 is 1.37 bits per heavy atom. The van der Waals surface area contributed by atoms with Gasteiger partial charge in [-0.1, -0.05) is 20.8 Å². The summed E-state index contributed by atoms with van der Waals surface area (Å²) in [5.41, 5.74) is 4.94. The number of carbonyl (C=O) groups is 5. The minimum Gasteiger partial charge on any atom is -0.481 e. The fraction of sp³-hybridized carbons (Fsp3) is 0.861.